The van der Waals surface area contributed by atoms with Crippen molar-refractivity contribution in [2.45, 2.75) is 20.3 Å². The van der Waals surface area contributed by atoms with Crippen LogP contribution in [0.5, 0.6) is 0 Å². The van der Waals surface area contributed by atoms with E-state index < -0.39 is 0 Å². The van der Waals surface area contributed by atoms with Gasteiger partial charge in [0, 0.05) is 11.6 Å². The summed E-state index contributed by atoms with van der Waals surface area (Å²) in [5, 5.41) is 0. The molecule has 1 heterocycles. The Balaban J connectivity index is 2.88. The van der Waals surface area contributed by atoms with Crippen molar-refractivity contribution in [3.05, 3.63) is 23.9 Å². The molecule has 1 aliphatic heterocycles. The van der Waals surface area contributed by atoms with Gasteiger partial charge in [0.15, 0.2) is 5.90 Å². The van der Waals surface area contributed by atoms with Crippen LogP contribution in [0.3, 0.4) is 0 Å². The zero-order valence-corrected chi connectivity index (χ0v) is 7.87. The summed E-state index contributed by atoms with van der Waals surface area (Å²) in [5.41, 5.74) is 0.995. The average Bonchev–Trinajstić information content (AvgIpc) is 2.05. The van der Waals surface area contributed by atoms with Crippen LogP contribution < -0.4 is 0 Å². The van der Waals surface area contributed by atoms with Crippen LogP contribution in [0.15, 0.2) is 28.9 Å². The third kappa shape index (κ3) is 2.22. The Hall–Kier alpha value is -1.05. The van der Waals surface area contributed by atoms with E-state index in [0.29, 0.717) is 5.92 Å². The predicted molar refractivity (Wildman–Crippen MR) is 51.1 cm³/mol. The van der Waals surface area contributed by atoms with Gasteiger partial charge in [0.1, 0.15) is 0 Å². The highest BCUT2D eigenvalue weighted by molar-refractivity contribution is 5.79. The van der Waals surface area contributed by atoms with Crippen molar-refractivity contribution >= 4 is 5.90 Å². The molecule has 0 aromatic carbocycles. The number of hydrogen-bond donors (Lipinski definition) is 0. The Kier molecular flexibility index (Phi) is 3.09. The monoisotopic (exact) mass is 165 g/mol. The summed E-state index contributed by atoms with van der Waals surface area (Å²) >= 11 is 0. The van der Waals surface area contributed by atoms with Crippen LogP contribution in [0, 0.1) is 5.92 Å². The van der Waals surface area contributed by atoms with E-state index in [1.165, 1.54) is 0 Å². The van der Waals surface area contributed by atoms with Gasteiger partial charge in [-0.2, -0.15) is 0 Å². The van der Waals surface area contributed by atoms with Gasteiger partial charge >= 0.3 is 0 Å². The number of ether oxygens (including phenoxy) is 1. The summed E-state index contributed by atoms with van der Waals surface area (Å²) in [5.74, 6) is 1.21. The molecule has 0 radical (unpaired) electrons. The first-order valence-corrected chi connectivity index (χ1v) is 4.20. The fourth-order valence-electron chi connectivity index (χ4n) is 1.16. The highest BCUT2D eigenvalue weighted by Gasteiger charge is 2.10. The Morgan fingerprint density at radius 1 is 1.58 bits per heavy atom. The molecule has 1 rings (SSSR count). The summed E-state index contributed by atoms with van der Waals surface area (Å²) in [6.07, 6.45) is 7.17. The molecule has 0 aliphatic carbocycles. The number of aliphatic imine (C=N–C) groups is 1. The summed E-state index contributed by atoms with van der Waals surface area (Å²) < 4.78 is 5.18. The molecule has 0 saturated carbocycles. The van der Waals surface area contributed by atoms with Crippen LogP contribution in [0.4, 0.5) is 0 Å². The van der Waals surface area contributed by atoms with Crippen molar-refractivity contribution < 1.29 is 4.74 Å². The maximum atomic E-state index is 5.18. The standard InChI is InChI=1S/C10H15NO/c1-8-6-4-5-7-9(2)11-10(8)12-3/h4-5,7-8H,6H2,1-3H3/t8-/m1/s1. The van der Waals surface area contributed by atoms with Crippen molar-refractivity contribution in [1.29, 1.82) is 0 Å². The average molecular weight is 165 g/mol. The van der Waals surface area contributed by atoms with Crippen LogP contribution in [-0.2, 0) is 4.74 Å². The van der Waals surface area contributed by atoms with E-state index in [4.69, 9.17) is 4.74 Å². The molecule has 0 fully saturated rings. The third-order valence-electron chi connectivity index (χ3n) is 1.88. The van der Waals surface area contributed by atoms with Crippen LogP contribution in [0.2, 0.25) is 0 Å². The van der Waals surface area contributed by atoms with Gasteiger partial charge in [-0.15, -0.1) is 0 Å². The lowest BCUT2D eigenvalue weighted by molar-refractivity contribution is 0.369. The minimum Gasteiger partial charge on any atom is -0.484 e. The number of methoxy groups -OCH3 is 1. The molecule has 0 spiro atoms. The normalized spacial score (nSPS) is 23.8. The summed E-state index contributed by atoms with van der Waals surface area (Å²) in [7, 11) is 1.67. The van der Waals surface area contributed by atoms with Gasteiger partial charge in [0.2, 0.25) is 0 Å². The predicted octanol–water partition coefficient (Wildman–Crippen LogP) is 2.53. The van der Waals surface area contributed by atoms with Gasteiger partial charge in [-0.1, -0.05) is 19.1 Å². The zero-order chi connectivity index (χ0) is 8.97. The van der Waals surface area contributed by atoms with E-state index in [1.54, 1.807) is 7.11 Å². The van der Waals surface area contributed by atoms with E-state index in [1.807, 2.05) is 19.1 Å². The Bertz CT molecular complexity index is 238. The largest absolute Gasteiger partial charge is 0.484 e. The van der Waals surface area contributed by atoms with Gasteiger partial charge in [-0.05, 0) is 19.4 Å². The van der Waals surface area contributed by atoms with Crippen molar-refractivity contribution in [1.82, 2.24) is 0 Å². The molecule has 0 bridgehead atoms. The Morgan fingerprint density at radius 3 is 3.00 bits per heavy atom. The lowest BCUT2D eigenvalue weighted by Gasteiger charge is -2.12. The van der Waals surface area contributed by atoms with Crippen LogP contribution in [-0.4, -0.2) is 13.0 Å². The smallest absolute Gasteiger partial charge is 0.191 e. The van der Waals surface area contributed by atoms with Gasteiger partial charge in [-0.3, -0.25) is 0 Å². The number of allylic oxidation sites excluding steroid dienone is 4. The second-order valence-corrected chi connectivity index (χ2v) is 3.03. The highest BCUT2D eigenvalue weighted by Crippen LogP contribution is 2.12. The molecule has 2 nitrogen and oxygen atoms in total. The van der Waals surface area contributed by atoms with E-state index in [9.17, 15) is 0 Å². The number of nitrogens with zero attached hydrogens (tertiary/aromatic N) is 1. The third-order valence-corrected chi connectivity index (χ3v) is 1.88. The van der Waals surface area contributed by atoms with Crippen molar-refractivity contribution in [3.8, 4) is 0 Å². The second-order valence-electron chi connectivity index (χ2n) is 3.03. The second kappa shape index (κ2) is 4.10. The fourth-order valence-corrected chi connectivity index (χ4v) is 1.16. The molecule has 0 N–H and O–H groups in total. The minimum absolute atomic E-state index is 0.384. The maximum Gasteiger partial charge on any atom is 0.191 e. The van der Waals surface area contributed by atoms with Gasteiger partial charge in [0.25, 0.3) is 0 Å². The van der Waals surface area contributed by atoms with Crippen LogP contribution in [0.1, 0.15) is 20.3 Å². The molecule has 1 aliphatic rings. The molecule has 0 aromatic heterocycles. The summed E-state index contributed by atoms with van der Waals surface area (Å²) in [6.45, 7) is 4.09. The van der Waals surface area contributed by atoms with Crippen molar-refractivity contribution in [2.24, 2.45) is 10.9 Å². The first-order valence-electron chi connectivity index (χ1n) is 4.20. The molecule has 1 atom stereocenters. The Morgan fingerprint density at radius 2 is 2.33 bits per heavy atom. The van der Waals surface area contributed by atoms with E-state index in [2.05, 4.69) is 18.0 Å². The van der Waals surface area contributed by atoms with Gasteiger partial charge in [-0.25, -0.2) is 4.99 Å². The summed E-state index contributed by atoms with van der Waals surface area (Å²) in [4.78, 5) is 4.34. The van der Waals surface area contributed by atoms with E-state index in [0.717, 1.165) is 18.0 Å². The topological polar surface area (TPSA) is 21.6 Å². The molecule has 66 valence electrons. The molecule has 0 amide bonds. The first kappa shape index (κ1) is 9.04. The number of rotatable bonds is 0. The van der Waals surface area contributed by atoms with E-state index in [-0.39, 0.29) is 0 Å². The van der Waals surface area contributed by atoms with E-state index >= 15 is 0 Å². The Labute approximate surface area is 73.6 Å². The number of hydrogen-bond acceptors (Lipinski definition) is 2. The highest BCUT2D eigenvalue weighted by atomic mass is 16.5. The quantitative estimate of drug-likeness (QED) is 0.540. The summed E-state index contributed by atoms with van der Waals surface area (Å²) in [6, 6.07) is 0. The molecule has 0 saturated heterocycles. The molecule has 12 heavy (non-hydrogen) atoms. The van der Waals surface area contributed by atoms with Gasteiger partial charge in [0.05, 0.1) is 7.11 Å². The fraction of sp³-hybridized carbons (Fsp3) is 0.500. The maximum absolute atomic E-state index is 5.18. The van der Waals surface area contributed by atoms with Crippen molar-refractivity contribution in [3.63, 3.8) is 0 Å². The lowest BCUT2D eigenvalue weighted by Crippen LogP contribution is -2.13. The zero-order valence-electron chi connectivity index (χ0n) is 7.87. The SMILES string of the molecule is COC1=NC(C)=CC=CC[C@H]1C. The van der Waals surface area contributed by atoms with Gasteiger partial charge < -0.3 is 4.74 Å². The van der Waals surface area contributed by atoms with Crippen LogP contribution >= 0.6 is 0 Å². The van der Waals surface area contributed by atoms with Crippen molar-refractivity contribution in [2.75, 3.05) is 7.11 Å². The van der Waals surface area contributed by atoms with Crippen LogP contribution in [0.25, 0.3) is 0 Å². The lowest BCUT2D eigenvalue weighted by atomic mass is 10.1. The minimum atomic E-state index is 0.384. The first-order chi connectivity index (χ1) is 5.74. The molecule has 0 unspecified atom stereocenters. The molecule has 2 heteroatoms. The molecular weight excluding hydrogens is 150 g/mol. The molecule has 0 aromatic rings. The molecular formula is C10H15NO.